The van der Waals surface area contributed by atoms with E-state index < -0.39 is 6.10 Å². The third-order valence-electron chi connectivity index (χ3n) is 2.53. The van der Waals surface area contributed by atoms with E-state index in [4.69, 9.17) is 10.00 Å². The molecule has 0 bridgehead atoms. The Labute approximate surface area is 106 Å². The number of hydrogen-bond acceptors (Lipinski definition) is 3. The van der Waals surface area contributed by atoms with Gasteiger partial charge in [0, 0.05) is 5.56 Å². The zero-order valence-corrected chi connectivity index (χ0v) is 9.78. The second kappa shape index (κ2) is 5.85. The highest BCUT2D eigenvalue weighted by Crippen LogP contribution is 2.30. The molecule has 0 heterocycles. The van der Waals surface area contributed by atoms with Crippen molar-refractivity contribution in [3.05, 3.63) is 60.2 Å². The van der Waals surface area contributed by atoms with Crippen molar-refractivity contribution in [1.82, 2.24) is 0 Å². The van der Waals surface area contributed by atoms with Crippen LogP contribution in [0.1, 0.15) is 18.1 Å². The number of nitrogens with zero attached hydrogens (tertiary/aromatic N) is 1. The maximum atomic E-state index is 9.88. The molecule has 3 nitrogen and oxygen atoms in total. The first-order valence-corrected chi connectivity index (χ1v) is 5.68. The molecule has 3 heteroatoms. The van der Waals surface area contributed by atoms with Gasteiger partial charge in [-0.1, -0.05) is 36.4 Å². The first-order valence-electron chi connectivity index (χ1n) is 5.68. The van der Waals surface area contributed by atoms with Crippen molar-refractivity contribution in [2.75, 3.05) is 0 Å². The molecule has 2 aromatic carbocycles. The zero-order chi connectivity index (χ0) is 12.8. The summed E-state index contributed by atoms with van der Waals surface area (Å²) >= 11 is 0. The van der Waals surface area contributed by atoms with E-state index in [2.05, 4.69) is 0 Å². The quantitative estimate of drug-likeness (QED) is 0.889. The van der Waals surface area contributed by atoms with E-state index in [0.717, 1.165) is 0 Å². The van der Waals surface area contributed by atoms with Gasteiger partial charge in [-0.3, -0.25) is 0 Å². The van der Waals surface area contributed by atoms with Crippen molar-refractivity contribution >= 4 is 0 Å². The van der Waals surface area contributed by atoms with Gasteiger partial charge in [0.2, 0.25) is 0 Å². The lowest BCUT2D eigenvalue weighted by Gasteiger charge is -2.13. The zero-order valence-electron chi connectivity index (χ0n) is 9.78. The molecule has 0 aliphatic heterocycles. The number of rotatable bonds is 4. The number of benzene rings is 2. The Kier molecular flexibility index (Phi) is 3.95. The van der Waals surface area contributed by atoms with Crippen LogP contribution in [0.5, 0.6) is 11.5 Å². The predicted molar refractivity (Wildman–Crippen MR) is 68.1 cm³/mol. The normalized spacial score (nSPS) is 11.6. The molecule has 2 aromatic rings. The van der Waals surface area contributed by atoms with Gasteiger partial charge in [0.15, 0.2) is 0 Å². The number of aliphatic hydroxyl groups is 1. The summed E-state index contributed by atoms with van der Waals surface area (Å²) < 4.78 is 5.71. The smallest absolute Gasteiger partial charge is 0.133 e. The van der Waals surface area contributed by atoms with Gasteiger partial charge >= 0.3 is 0 Å². The molecule has 90 valence electrons. The van der Waals surface area contributed by atoms with Gasteiger partial charge < -0.3 is 9.84 Å². The van der Waals surface area contributed by atoms with E-state index in [0.29, 0.717) is 17.1 Å². The molecule has 0 spiro atoms. The van der Waals surface area contributed by atoms with Gasteiger partial charge in [-0.25, -0.2) is 0 Å². The second-order valence-corrected chi connectivity index (χ2v) is 3.83. The van der Waals surface area contributed by atoms with Crippen LogP contribution >= 0.6 is 0 Å². The van der Waals surface area contributed by atoms with Gasteiger partial charge in [-0.15, -0.1) is 0 Å². The summed E-state index contributed by atoms with van der Waals surface area (Å²) in [5.74, 6) is 1.28. The molecule has 1 atom stereocenters. The van der Waals surface area contributed by atoms with Crippen molar-refractivity contribution < 1.29 is 9.84 Å². The van der Waals surface area contributed by atoms with E-state index in [1.165, 1.54) is 0 Å². The predicted octanol–water partition coefficient (Wildman–Crippen LogP) is 3.43. The van der Waals surface area contributed by atoms with E-state index >= 15 is 0 Å². The van der Waals surface area contributed by atoms with Gasteiger partial charge in [0.05, 0.1) is 18.6 Å². The summed E-state index contributed by atoms with van der Waals surface area (Å²) in [6.45, 7) is 0. The van der Waals surface area contributed by atoms with E-state index in [-0.39, 0.29) is 6.42 Å². The third kappa shape index (κ3) is 2.88. The molecule has 1 unspecified atom stereocenters. The number of ether oxygens (including phenoxy) is 1. The van der Waals surface area contributed by atoms with Gasteiger partial charge in [0.25, 0.3) is 0 Å². The Balaban J connectivity index is 2.26. The second-order valence-electron chi connectivity index (χ2n) is 3.83. The lowest BCUT2D eigenvalue weighted by atomic mass is 10.1. The highest BCUT2D eigenvalue weighted by atomic mass is 16.5. The van der Waals surface area contributed by atoms with Crippen LogP contribution in [0.2, 0.25) is 0 Å². The molecule has 2 rings (SSSR count). The number of hydrogen-bond donors (Lipinski definition) is 1. The van der Waals surface area contributed by atoms with Crippen molar-refractivity contribution in [3.63, 3.8) is 0 Å². The topological polar surface area (TPSA) is 53.2 Å². The third-order valence-corrected chi connectivity index (χ3v) is 2.53. The van der Waals surface area contributed by atoms with Crippen molar-refractivity contribution in [2.45, 2.75) is 12.5 Å². The number of aliphatic hydroxyl groups excluding tert-OH is 1. The fourth-order valence-corrected chi connectivity index (χ4v) is 1.66. The fourth-order valence-electron chi connectivity index (χ4n) is 1.66. The van der Waals surface area contributed by atoms with Gasteiger partial charge in [0.1, 0.15) is 11.5 Å². The number of nitriles is 1. The van der Waals surface area contributed by atoms with Crippen molar-refractivity contribution in [1.29, 1.82) is 5.26 Å². The van der Waals surface area contributed by atoms with Crippen LogP contribution in [0.4, 0.5) is 0 Å². The summed E-state index contributed by atoms with van der Waals surface area (Å²) in [5, 5.41) is 18.5. The summed E-state index contributed by atoms with van der Waals surface area (Å²) in [4.78, 5) is 0. The Morgan fingerprint density at radius 3 is 2.44 bits per heavy atom. The van der Waals surface area contributed by atoms with Crippen molar-refractivity contribution in [2.24, 2.45) is 0 Å². The lowest BCUT2D eigenvalue weighted by molar-refractivity contribution is 0.180. The Bertz CT molecular complexity index is 546. The highest BCUT2D eigenvalue weighted by molar-refractivity contribution is 5.39. The van der Waals surface area contributed by atoms with Crippen molar-refractivity contribution in [3.8, 4) is 17.6 Å². The standard InChI is InChI=1S/C15H13NO2/c16-11-10-14(17)13-8-4-5-9-15(13)18-12-6-2-1-3-7-12/h1-9,14,17H,10H2. The Morgan fingerprint density at radius 1 is 1.06 bits per heavy atom. The average molecular weight is 239 g/mol. The largest absolute Gasteiger partial charge is 0.457 e. The molecule has 18 heavy (non-hydrogen) atoms. The average Bonchev–Trinajstić information content (AvgIpc) is 2.41. The minimum absolute atomic E-state index is 0.0508. The maximum absolute atomic E-state index is 9.88. The van der Waals surface area contributed by atoms with Gasteiger partial charge in [-0.05, 0) is 18.2 Å². The number of para-hydroxylation sites is 2. The molecule has 0 aliphatic rings. The van der Waals surface area contributed by atoms with Crippen LogP contribution in [0.15, 0.2) is 54.6 Å². The van der Waals surface area contributed by atoms with E-state index in [9.17, 15) is 5.11 Å². The Morgan fingerprint density at radius 2 is 1.72 bits per heavy atom. The molecule has 0 radical (unpaired) electrons. The molecule has 0 amide bonds. The van der Waals surface area contributed by atoms with E-state index in [1.807, 2.05) is 48.5 Å². The Hall–Kier alpha value is -2.31. The minimum Gasteiger partial charge on any atom is -0.457 e. The molecule has 0 saturated carbocycles. The lowest BCUT2D eigenvalue weighted by Crippen LogP contribution is -1.99. The first-order chi connectivity index (χ1) is 8.81. The van der Waals surface area contributed by atoms with Crippen LogP contribution < -0.4 is 4.74 Å². The first kappa shape index (κ1) is 12.2. The molecule has 1 N–H and O–H groups in total. The SMILES string of the molecule is N#CCC(O)c1ccccc1Oc1ccccc1. The molecule has 0 aliphatic carbocycles. The molecular weight excluding hydrogens is 226 g/mol. The summed E-state index contributed by atoms with van der Waals surface area (Å²) in [6.07, 6.45) is -0.773. The summed E-state index contributed by atoms with van der Waals surface area (Å²) in [5.41, 5.74) is 0.628. The molecule has 0 aromatic heterocycles. The molecule has 0 fully saturated rings. The van der Waals surface area contributed by atoms with Crippen LogP contribution in [0.25, 0.3) is 0 Å². The maximum Gasteiger partial charge on any atom is 0.133 e. The summed E-state index contributed by atoms with van der Waals surface area (Å²) in [7, 11) is 0. The fraction of sp³-hybridized carbons (Fsp3) is 0.133. The van der Waals surface area contributed by atoms with Gasteiger partial charge in [-0.2, -0.15) is 5.26 Å². The highest BCUT2D eigenvalue weighted by Gasteiger charge is 2.13. The monoisotopic (exact) mass is 239 g/mol. The van der Waals surface area contributed by atoms with E-state index in [1.54, 1.807) is 12.1 Å². The minimum atomic E-state index is -0.824. The van der Waals surface area contributed by atoms with Crippen LogP contribution in [0, 0.1) is 11.3 Å². The van der Waals surface area contributed by atoms with Crippen LogP contribution in [-0.4, -0.2) is 5.11 Å². The van der Waals surface area contributed by atoms with Crippen LogP contribution in [0.3, 0.4) is 0 Å². The summed E-state index contributed by atoms with van der Waals surface area (Å²) in [6, 6.07) is 18.5. The van der Waals surface area contributed by atoms with Crippen LogP contribution in [-0.2, 0) is 0 Å². The molecule has 0 saturated heterocycles. The molecular formula is C15H13NO2.